The highest BCUT2D eigenvalue weighted by molar-refractivity contribution is 7.89. The van der Waals surface area contributed by atoms with Crippen LogP contribution in [0.4, 0.5) is 0 Å². The Morgan fingerprint density at radius 3 is 2.64 bits per heavy atom. The second-order valence-electron chi connectivity index (χ2n) is 6.17. The lowest BCUT2D eigenvalue weighted by Crippen LogP contribution is -2.32. The highest BCUT2D eigenvalue weighted by Gasteiger charge is 2.30. The van der Waals surface area contributed by atoms with E-state index in [1.54, 1.807) is 17.0 Å². The van der Waals surface area contributed by atoms with Crippen molar-refractivity contribution in [3.05, 3.63) is 29.3 Å². The van der Waals surface area contributed by atoms with Crippen molar-refractivity contribution < 1.29 is 13.2 Å². The van der Waals surface area contributed by atoms with Crippen molar-refractivity contribution in [3.63, 3.8) is 0 Å². The summed E-state index contributed by atoms with van der Waals surface area (Å²) < 4.78 is 27.2. The van der Waals surface area contributed by atoms with Gasteiger partial charge >= 0.3 is 0 Å². The molecule has 1 aliphatic carbocycles. The maximum atomic E-state index is 12.6. The molecule has 1 amide bonds. The molecule has 0 aromatic heterocycles. The van der Waals surface area contributed by atoms with Gasteiger partial charge < -0.3 is 10.6 Å². The monoisotopic (exact) mass is 323 g/mol. The van der Waals surface area contributed by atoms with Crippen molar-refractivity contribution in [2.75, 3.05) is 13.1 Å². The summed E-state index contributed by atoms with van der Waals surface area (Å²) in [5, 5.41) is 0. The number of nitrogens with two attached hydrogens (primary N) is 1. The number of likely N-dealkylation sites (tertiary alicyclic amines) is 1. The highest BCUT2D eigenvalue weighted by Crippen LogP contribution is 2.24. The minimum Gasteiger partial charge on any atom is -0.337 e. The van der Waals surface area contributed by atoms with Gasteiger partial charge in [-0.3, -0.25) is 4.79 Å². The molecule has 22 heavy (non-hydrogen) atoms. The predicted octanol–water partition coefficient (Wildman–Crippen LogP) is 0.609. The molecular weight excluding hydrogens is 302 g/mol. The third-order valence-corrected chi connectivity index (χ3v) is 5.68. The van der Waals surface area contributed by atoms with Crippen LogP contribution in [0.5, 0.6) is 0 Å². The number of carbonyl (C=O) groups is 1. The lowest BCUT2D eigenvalue weighted by molar-refractivity contribution is 0.0790. The number of benzene rings is 1. The normalized spacial score (nSPS) is 22.1. The Bertz CT molecular complexity index is 698. The van der Waals surface area contributed by atoms with E-state index in [1.165, 1.54) is 6.07 Å². The largest absolute Gasteiger partial charge is 0.337 e. The maximum Gasteiger partial charge on any atom is 0.254 e. The third-order valence-electron chi connectivity index (χ3n) is 4.16. The molecule has 2 fully saturated rings. The number of hydrogen-bond donors (Lipinski definition) is 2. The first kappa shape index (κ1) is 15.5. The highest BCUT2D eigenvalue weighted by atomic mass is 32.2. The summed E-state index contributed by atoms with van der Waals surface area (Å²) in [5.74, 6) is -0.145. The van der Waals surface area contributed by atoms with Crippen molar-refractivity contribution in [2.45, 2.75) is 43.2 Å². The Labute approximate surface area is 130 Å². The topological polar surface area (TPSA) is 92.5 Å². The quantitative estimate of drug-likeness (QED) is 0.849. The summed E-state index contributed by atoms with van der Waals surface area (Å²) in [6.45, 7) is 2.96. The van der Waals surface area contributed by atoms with Gasteiger partial charge in [0.25, 0.3) is 5.91 Å². The molecule has 1 saturated heterocycles. The molecule has 7 heteroatoms. The van der Waals surface area contributed by atoms with E-state index in [9.17, 15) is 13.2 Å². The van der Waals surface area contributed by atoms with E-state index in [0.29, 0.717) is 18.7 Å². The molecule has 3 N–H and O–H groups in total. The van der Waals surface area contributed by atoms with Gasteiger partial charge in [0.15, 0.2) is 0 Å². The molecule has 1 atom stereocenters. The fourth-order valence-corrected chi connectivity index (χ4v) is 3.96. The number of nitrogens with zero attached hydrogens (tertiary/aromatic N) is 1. The fraction of sp³-hybridized carbons (Fsp3) is 0.533. The number of nitrogens with one attached hydrogen (secondary N) is 1. The van der Waals surface area contributed by atoms with Crippen LogP contribution in [0.2, 0.25) is 0 Å². The smallest absolute Gasteiger partial charge is 0.254 e. The SMILES string of the molecule is Cc1ccc(S(=O)(=O)NC2CC2)cc1C(=O)N1CC[C@@H](N)C1. The van der Waals surface area contributed by atoms with Crippen LogP contribution in [-0.2, 0) is 10.0 Å². The first-order valence-electron chi connectivity index (χ1n) is 7.54. The molecule has 3 rings (SSSR count). The zero-order valence-electron chi connectivity index (χ0n) is 12.6. The van der Waals surface area contributed by atoms with Crippen molar-refractivity contribution in [1.82, 2.24) is 9.62 Å². The molecule has 6 nitrogen and oxygen atoms in total. The van der Waals surface area contributed by atoms with Crippen molar-refractivity contribution in [3.8, 4) is 0 Å². The summed E-state index contributed by atoms with van der Waals surface area (Å²) in [6.07, 6.45) is 2.54. The van der Waals surface area contributed by atoms with Crippen LogP contribution in [0, 0.1) is 6.92 Å². The van der Waals surface area contributed by atoms with Crippen molar-refractivity contribution in [1.29, 1.82) is 0 Å². The van der Waals surface area contributed by atoms with E-state index in [-0.39, 0.29) is 22.9 Å². The van der Waals surface area contributed by atoms with Gasteiger partial charge in [0, 0.05) is 30.7 Å². The van der Waals surface area contributed by atoms with Gasteiger partial charge in [0.2, 0.25) is 10.0 Å². The first-order chi connectivity index (χ1) is 10.4. The van der Waals surface area contributed by atoms with Gasteiger partial charge in [0.1, 0.15) is 0 Å². The van der Waals surface area contributed by atoms with Gasteiger partial charge in [-0.2, -0.15) is 0 Å². The summed E-state index contributed by atoms with van der Waals surface area (Å²) in [5.41, 5.74) is 7.05. The summed E-state index contributed by atoms with van der Waals surface area (Å²) in [4.78, 5) is 14.4. The van der Waals surface area contributed by atoms with E-state index in [0.717, 1.165) is 24.8 Å². The molecule has 0 radical (unpaired) electrons. The van der Waals surface area contributed by atoms with Crippen LogP contribution in [0.1, 0.15) is 35.2 Å². The van der Waals surface area contributed by atoms with Crippen LogP contribution in [0.3, 0.4) is 0 Å². The molecule has 1 aromatic carbocycles. The molecule has 0 unspecified atom stereocenters. The fourth-order valence-electron chi connectivity index (χ4n) is 2.63. The Morgan fingerprint density at radius 1 is 1.32 bits per heavy atom. The van der Waals surface area contributed by atoms with Gasteiger partial charge in [-0.15, -0.1) is 0 Å². The van der Waals surface area contributed by atoms with Crippen LogP contribution in [0.15, 0.2) is 23.1 Å². The Morgan fingerprint density at radius 2 is 2.05 bits per heavy atom. The number of amides is 1. The standard InChI is InChI=1S/C15H21N3O3S/c1-10-2-5-13(22(20,21)17-12-3-4-12)8-14(10)15(19)18-7-6-11(16)9-18/h2,5,8,11-12,17H,3-4,6-7,9,16H2,1H3/t11-/m1/s1. The van der Waals surface area contributed by atoms with E-state index < -0.39 is 10.0 Å². The van der Waals surface area contributed by atoms with E-state index in [1.807, 2.05) is 6.92 Å². The number of aryl methyl sites for hydroxylation is 1. The molecular formula is C15H21N3O3S. The molecule has 0 bridgehead atoms. The van der Waals surface area contributed by atoms with Gasteiger partial charge in [-0.1, -0.05) is 6.07 Å². The number of rotatable bonds is 4. The Balaban J connectivity index is 1.88. The third kappa shape index (κ3) is 3.16. The van der Waals surface area contributed by atoms with E-state index in [2.05, 4.69) is 4.72 Å². The minimum atomic E-state index is -3.55. The Kier molecular flexibility index (Phi) is 3.96. The molecule has 1 heterocycles. The molecule has 120 valence electrons. The van der Waals surface area contributed by atoms with E-state index >= 15 is 0 Å². The number of carbonyl (C=O) groups excluding carboxylic acids is 1. The minimum absolute atomic E-state index is 0.00713. The van der Waals surface area contributed by atoms with Crippen LogP contribution >= 0.6 is 0 Å². The zero-order chi connectivity index (χ0) is 15.9. The Hall–Kier alpha value is -1.44. The van der Waals surface area contributed by atoms with Crippen molar-refractivity contribution in [2.24, 2.45) is 5.73 Å². The van der Waals surface area contributed by atoms with Gasteiger partial charge in [-0.25, -0.2) is 13.1 Å². The second-order valence-corrected chi connectivity index (χ2v) is 7.89. The maximum absolute atomic E-state index is 12.6. The summed E-state index contributed by atoms with van der Waals surface area (Å²) >= 11 is 0. The van der Waals surface area contributed by atoms with Crippen LogP contribution < -0.4 is 10.5 Å². The van der Waals surface area contributed by atoms with Crippen LogP contribution in [-0.4, -0.2) is 44.4 Å². The molecule has 1 aliphatic heterocycles. The molecule has 2 aliphatic rings. The summed E-state index contributed by atoms with van der Waals surface area (Å²) in [7, 11) is -3.55. The molecule has 0 spiro atoms. The second kappa shape index (κ2) is 5.64. The summed E-state index contributed by atoms with van der Waals surface area (Å²) in [6, 6.07) is 4.76. The lowest BCUT2D eigenvalue weighted by atomic mass is 10.1. The number of hydrogen-bond acceptors (Lipinski definition) is 4. The van der Waals surface area contributed by atoms with E-state index in [4.69, 9.17) is 5.73 Å². The zero-order valence-corrected chi connectivity index (χ0v) is 13.4. The first-order valence-corrected chi connectivity index (χ1v) is 9.03. The van der Waals surface area contributed by atoms with Gasteiger partial charge in [0.05, 0.1) is 4.90 Å². The number of sulfonamides is 1. The average molecular weight is 323 g/mol. The van der Waals surface area contributed by atoms with Crippen LogP contribution in [0.25, 0.3) is 0 Å². The lowest BCUT2D eigenvalue weighted by Gasteiger charge is -2.18. The molecule has 1 aromatic rings. The van der Waals surface area contributed by atoms with Crippen molar-refractivity contribution >= 4 is 15.9 Å². The average Bonchev–Trinajstić information content (AvgIpc) is 3.15. The predicted molar refractivity (Wildman–Crippen MR) is 83.0 cm³/mol. The molecule has 1 saturated carbocycles. The van der Waals surface area contributed by atoms with Gasteiger partial charge in [-0.05, 0) is 43.9 Å².